The Bertz CT molecular complexity index is 1180. The normalized spacial score (nSPS) is 15.7. The summed E-state index contributed by atoms with van der Waals surface area (Å²) in [4.78, 5) is 13.1. The minimum absolute atomic E-state index is 0.349. The summed E-state index contributed by atoms with van der Waals surface area (Å²) in [7, 11) is 1.45. The van der Waals surface area contributed by atoms with Gasteiger partial charge in [-0.1, -0.05) is 30.0 Å². The van der Waals surface area contributed by atoms with Gasteiger partial charge in [0.25, 0.3) is 5.91 Å². The van der Waals surface area contributed by atoms with Crippen LogP contribution < -0.4 is 4.74 Å². The van der Waals surface area contributed by atoms with Crippen molar-refractivity contribution in [3.63, 3.8) is 0 Å². The molecule has 0 aliphatic carbocycles. The van der Waals surface area contributed by atoms with Crippen molar-refractivity contribution in [3.05, 3.63) is 101 Å². The van der Waals surface area contributed by atoms with Gasteiger partial charge in [-0.15, -0.1) is 0 Å². The number of nitrogens with zero attached hydrogens (tertiary/aromatic N) is 2. The highest BCUT2D eigenvalue weighted by molar-refractivity contribution is 8.14. The lowest BCUT2D eigenvalue weighted by Crippen LogP contribution is -2.27. The highest BCUT2D eigenvalue weighted by Crippen LogP contribution is 2.45. The fourth-order valence-corrected chi connectivity index (χ4v) is 4.28. The van der Waals surface area contributed by atoms with Gasteiger partial charge in [0.1, 0.15) is 27.8 Å². The molecule has 1 aliphatic rings. The largest absolute Gasteiger partial charge is 0.496 e. The van der Waals surface area contributed by atoms with Crippen molar-refractivity contribution < 1.29 is 27.1 Å². The van der Waals surface area contributed by atoms with Crippen LogP contribution in [0.5, 0.6) is 5.75 Å². The molecule has 1 atom stereocenters. The lowest BCUT2D eigenvalue weighted by molar-refractivity contribution is 0.0741. The molecule has 1 amide bonds. The second-order valence-corrected chi connectivity index (χ2v) is 7.59. The molecule has 158 valence electrons. The minimum atomic E-state index is -1.48. The van der Waals surface area contributed by atoms with Gasteiger partial charge in [0.15, 0.2) is 11.6 Å². The van der Waals surface area contributed by atoms with Gasteiger partial charge in [-0.3, -0.25) is 4.79 Å². The molecular formula is C22H14F4N2O2S. The van der Waals surface area contributed by atoms with Crippen molar-refractivity contribution in [1.29, 1.82) is 0 Å². The van der Waals surface area contributed by atoms with E-state index in [1.807, 2.05) is 0 Å². The quantitative estimate of drug-likeness (QED) is 0.393. The highest BCUT2D eigenvalue weighted by Gasteiger charge is 2.37. The van der Waals surface area contributed by atoms with Crippen molar-refractivity contribution in [2.45, 2.75) is 5.37 Å². The van der Waals surface area contributed by atoms with Gasteiger partial charge in [-0.2, -0.15) is 5.10 Å². The topological polar surface area (TPSA) is 41.9 Å². The second kappa shape index (κ2) is 8.43. The number of halogens is 4. The number of hydrogen-bond donors (Lipinski definition) is 0. The number of thioether (sulfide) groups is 1. The third kappa shape index (κ3) is 4.00. The van der Waals surface area contributed by atoms with Gasteiger partial charge in [0.2, 0.25) is 0 Å². The zero-order chi connectivity index (χ0) is 22.1. The van der Waals surface area contributed by atoms with Crippen LogP contribution in [0.3, 0.4) is 0 Å². The molecule has 0 N–H and O–H groups in total. The first-order chi connectivity index (χ1) is 14.9. The summed E-state index contributed by atoms with van der Waals surface area (Å²) in [6, 6.07) is 13.3. The number of rotatable bonds is 4. The number of hydrazone groups is 1. The molecule has 1 aliphatic heterocycles. The second-order valence-electron chi connectivity index (χ2n) is 6.52. The summed E-state index contributed by atoms with van der Waals surface area (Å²) in [5.74, 6) is -5.08. The number of methoxy groups -OCH3 is 1. The van der Waals surface area contributed by atoms with Crippen LogP contribution in [0.1, 0.15) is 26.9 Å². The Labute approximate surface area is 179 Å². The molecule has 9 heteroatoms. The van der Waals surface area contributed by atoms with Gasteiger partial charge >= 0.3 is 0 Å². The smallest absolute Gasteiger partial charge is 0.278 e. The zero-order valence-electron chi connectivity index (χ0n) is 16.0. The molecule has 3 aromatic rings. The number of benzene rings is 3. The molecule has 3 aromatic carbocycles. The third-order valence-electron chi connectivity index (χ3n) is 4.57. The summed E-state index contributed by atoms with van der Waals surface area (Å²) < 4.78 is 60.4. The first-order valence-electron chi connectivity index (χ1n) is 9.01. The van der Waals surface area contributed by atoms with Gasteiger partial charge in [-0.25, -0.2) is 22.6 Å². The van der Waals surface area contributed by atoms with E-state index in [4.69, 9.17) is 4.74 Å². The number of para-hydroxylation sites is 1. The predicted octanol–water partition coefficient (Wildman–Crippen LogP) is 5.50. The fourth-order valence-electron chi connectivity index (χ4n) is 3.10. The summed E-state index contributed by atoms with van der Waals surface area (Å²) in [6.45, 7) is 0. The van der Waals surface area contributed by atoms with Gasteiger partial charge in [0.05, 0.1) is 12.7 Å². The van der Waals surface area contributed by atoms with Crippen LogP contribution in [0.4, 0.5) is 17.6 Å². The summed E-state index contributed by atoms with van der Waals surface area (Å²) in [5.41, 5.74) is 0.274. The van der Waals surface area contributed by atoms with Gasteiger partial charge < -0.3 is 4.74 Å². The van der Waals surface area contributed by atoms with E-state index >= 15 is 0 Å². The lowest BCUT2D eigenvalue weighted by atomic mass is 10.1. The van der Waals surface area contributed by atoms with Crippen LogP contribution in [0.15, 0.2) is 65.8 Å². The SMILES string of the molecule is COc1ccccc1C1SC(c2ccc(F)cc2)=NN1C(=O)c1cc(F)cc(F)c1F. The maximum Gasteiger partial charge on any atom is 0.278 e. The number of ether oxygens (including phenoxy) is 1. The Morgan fingerprint density at radius 3 is 2.42 bits per heavy atom. The molecule has 31 heavy (non-hydrogen) atoms. The Morgan fingerprint density at radius 2 is 1.71 bits per heavy atom. The molecule has 0 saturated carbocycles. The van der Waals surface area contributed by atoms with E-state index in [1.165, 1.54) is 31.4 Å². The molecule has 0 spiro atoms. The van der Waals surface area contributed by atoms with Crippen LogP contribution >= 0.6 is 11.8 Å². The Balaban J connectivity index is 1.81. The maximum atomic E-state index is 14.3. The van der Waals surface area contributed by atoms with Crippen molar-refractivity contribution >= 4 is 22.7 Å². The van der Waals surface area contributed by atoms with E-state index in [-0.39, 0.29) is 0 Å². The number of hydrogen-bond acceptors (Lipinski definition) is 4. The molecule has 4 nitrogen and oxygen atoms in total. The number of carbonyl (C=O) groups is 1. The first-order valence-corrected chi connectivity index (χ1v) is 9.89. The molecule has 1 unspecified atom stereocenters. The average Bonchev–Trinajstić information content (AvgIpc) is 3.21. The maximum absolute atomic E-state index is 14.3. The molecule has 4 rings (SSSR count). The van der Waals surface area contributed by atoms with Crippen molar-refractivity contribution in [2.75, 3.05) is 7.11 Å². The van der Waals surface area contributed by atoms with Crippen molar-refractivity contribution in [1.82, 2.24) is 5.01 Å². The molecule has 0 aromatic heterocycles. The van der Waals surface area contributed by atoms with E-state index < -0.39 is 40.1 Å². The van der Waals surface area contributed by atoms with E-state index in [9.17, 15) is 22.4 Å². The highest BCUT2D eigenvalue weighted by atomic mass is 32.2. The standard InChI is InChI=1S/C22H14F4N2O2S/c1-30-18-5-3-2-4-15(18)22-28(21(29)16-10-14(24)11-17(25)19(16)26)27-20(31-22)12-6-8-13(23)9-7-12/h2-11,22H,1H3. The minimum Gasteiger partial charge on any atom is -0.496 e. The first kappa shape index (κ1) is 20.9. The molecule has 0 bridgehead atoms. The van der Waals surface area contributed by atoms with Crippen molar-refractivity contribution in [2.24, 2.45) is 5.10 Å². The Morgan fingerprint density at radius 1 is 1.00 bits per heavy atom. The molecule has 1 heterocycles. The molecule has 0 fully saturated rings. The van der Waals surface area contributed by atoms with E-state index in [0.717, 1.165) is 16.8 Å². The van der Waals surface area contributed by atoms with Crippen LogP contribution in [0.25, 0.3) is 0 Å². The van der Waals surface area contributed by atoms with Crippen LogP contribution in [0, 0.1) is 23.3 Å². The number of carbonyl (C=O) groups excluding carboxylic acids is 1. The van der Waals surface area contributed by atoms with Crippen LogP contribution in [0.2, 0.25) is 0 Å². The van der Waals surface area contributed by atoms with E-state index in [2.05, 4.69) is 5.10 Å². The molecule has 0 radical (unpaired) electrons. The van der Waals surface area contributed by atoms with Crippen LogP contribution in [-0.4, -0.2) is 23.1 Å². The predicted molar refractivity (Wildman–Crippen MR) is 109 cm³/mol. The number of amides is 1. The van der Waals surface area contributed by atoms with Gasteiger partial charge in [-0.05, 0) is 36.4 Å². The summed E-state index contributed by atoms with van der Waals surface area (Å²) >= 11 is 1.14. The molecule has 0 saturated heterocycles. The average molecular weight is 446 g/mol. The summed E-state index contributed by atoms with van der Waals surface area (Å²) in [5, 5.41) is 4.75. The third-order valence-corrected chi connectivity index (χ3v) is 5.79. The lowest BCUT2D eigenvalue weighted by Gasteiger charge is -2.23. The fraction of sp³-hybridized carbons (Fsp3) is 0.0909. The zero-order valence-corrected chi connectivity index (χ0v) is 16.8. The van der Waals surface area contributed by atoms with Crippen LogP contribution in [-0.2, 0) is 0 Å². The Kier molecular flexibility index (Phi) is 5.69. The van der Waals surface area contributed by atoms with E-state index in [1.54, 1.807) is 24.3 Å². The molecular weight excluding hydrogens is 432 g/mol. The van der Waals surface area contributed by atoms with Gasteiger partial charge in [0, 0.05) is 17.2 Å². The Hall–Kier alpha value is -3.33. The van der Waals surface area contributed by atoms with E-state index in [0.29, 0.717) is 34.1 Å². The van der Waals surface area contributed by atoms with Crippen molar-refractivity contribution in [3.8, 4) is 5.75 Å². The monoisotopic (exact) mass is 446 g/mol. The summed E-state index contributed by atoms with van der Waals surface area (Å²) in [6.07, 6.45) is 0.